The zero-order valence-electron chi connectivity index (χ0n) is 19.9. The molecule has 0 heterocycles. The molecule has 0 spiro atoms. The summed E-state index contributed by atoms with van der Waals surface area (Å²) in [5, 5.41) is 2.95. The summed E-state index contributed by atoms with van der Waals surface area (Å²) in [7, 11) is 3.19. The van der Waals surface area contributed by atoms with Crippen LogP contribution in [0.15, 0.2) is 42.5 Å². The van der Waals surface area contributed by atoms with Crippen molar-refractivity contribution >= 4 is 11.8 Å². The van der Waals surface area contributed by atoms with Gasteiger partial charge in [-0.1, -0.05) is 49.7 Å². The number of nitrogens with one attached hydrogen (secondary N) is 1. The smallest absolute Gasteiger partial charge is 0.242 e. The maximum absolute atomic E-state index is 13.4. The average Bonchev–Trinajstić information content (AvgIpc) is 2.80. The molecule has 2 rings (SSSR count). The number of benzene rings is 2. The zero-order chi connectivity index (χ0) is 23.5. The molecule has 0 aromatic heterocycles. The Morgan fingerprint density at radius 2 is 1.75 bits per heavy atom. The van der Waals surface area contributed by atoms with Gasteiger partial charge in [0.25, 0.3) is 0 Å². The van der Waals surface area contributed by atoms with Crippen molar-refractivity contribution in [3.63, 3.8) is 0 Å². The van der Waals surface area contributed by atoms with Crippen LogP contribution in [0.5, 0.6) is 11.5 Å². The summed E-state index contributed by atoms with van der Waals surface area (Å²) < 4.78 is 10.7. The number of methoxy groups -OCH3 is 2. The molecule has 1 atom stereocenters. The van der Waals surface area contributed by atoms with Crippen molar-refractivity contribution in [2.24, 2.45) is 0 Å². The number of rotatable bonds is 12. The third-order valence-electron chi connectivity index (χ3n) is 5.45. The summed E-state index contributed by atoms with van der Waals surface area (Å²) >= 11 is 0. The molecule has 6 heteroatoms. The molecule has 0 saturated carbocycles. The maximum atomic E-state index is 13.4. The van der Waals surface area contributed by atoms with Gasteiger partial charge < -0.3 is 19.7 Å². The van der Waals surface area contributed by atoms with Crippen LogP contribution in [-0.2, 0) is 22.6 Å². The first-order valence-electron chi connectivity index (χ1n) is 11.3. The fraction of sp³-hybridized carbons (Fsp3) is 0.462. The Morgan fingerprint density at radius 1 is 1.00 bits per heavy atom. The molecule has 0 saturated heterocycles. The molecular formula is C26H36N2O4. The SMILES string of the molecule is CCCNC(=O)C(CC)N(Cc1cccc(C)c1)C(=O)CCc1ccc(OC)c(OC)c1. The second kappa shape index (κ2) is 12.7. The minimum Gasteiger partial charge on any atom is -0.493 e. The number of carbonyl (C=O) groups is 2. The van der Waals surface area contributed by atoms with Crippen LogP contribution in [0.3, 0.4) is 0 Å². The number of nitrogens with zero attached hydrogens (tertiary/aromatic N) is 1. The minimum atomic E-state index is -0.500. The molecule has 0 aliphatic carbocycles. The van der Waals surface area contributed by atoms with Gasteiger partial charge >= 0.3 is 0 Å². The van der Waals surface area contributed by atoms with E-state index in [-0.39, 0.29) is 11.8 Å². The topological polar surface area (TPSA) is 67.9 Å². The van der Waals surface area contributed by atoms with Crippen LogP contribution in [-0.4, -0.2) is 43.5 Å². The molecule has 0 aliphatic rings. The number of amides is 2. The van der Waals surface area contributed by atoms with Gasteiger partial charge in [-0.05, 0) is 49.4 Å². The lowest BCUT2D eigenvalue weighted by molar-refractivity contribution is -0.141. The lowest BCUT2D eigenvalue weighted by Crippen LogP contribution is -2.49. The molecule has 1 unspecified atom stereocenters. The molecule has 0 aliphatic heterocycles. The zero-order valence-corrected chi connectivity index (χ0v) is 19.9. The molecule has 6 nitrogen and oxygen atoms in total. The normalized spacial score (nSPS) is 11.5. The number of carbonyl (C=O) groups excluding carboxylic acids is 2. The molecule has 0 radical (unpaired) electrons. The predicted octanol–water partition coefficient (Wildman–Crippen LogP) is 4.28. The van der Waals surface area contributed by atoms with E-state index in [9.17, 15) is 9.59 Å². The predicted molar refractivity (Wildman–Crippen MR) is 127 cm³/mol. The Bertz CT molecular complexity index is 897. The maximum Gasteiger partial charge on any atom is 0.242 e. The van der Waals surface area contributed by atoms with Crippen molar-refractivity contribution in [1.29, 1.82) is 0 Å². The molecule has 174 valence electrons. The summed E-state index contributed by atoms with van der Waals surface area (Å²) in [6.07, 6.45) is 2.27. The standard InChI is InChI=1S/C26H36N2O4/c1-6-15-27-26(30)22(7-2)28(18-21-10-8-9-19(3)16-21)25(29)14-12-20-11-13-23(31-4)24(17-20)32-5/h8-11,13,16-17,22H,6-7,12,14-15,18H2,1-5H3,(H,27,30). The van der Waals surface area contributed by atoms with Gasteiger partial charge in [-0.3, -0.25) is 9.59 Å². The number of hydrogen-bond donors (Lipinski definition) is 1. The number of hydrogen-bond acceptors (Lipinski definition) is 4. The highest BCUT2D eigenvalue weighted by Crippen LogP contribution is 2.28. The van der Waals surface area contributed by atoms with Crippen molar-refractivity contribution in [2.75, 3.05) is 20.8 Å². The molecule has 32 heavy (non-hydrogen) atoms. The molecule has 0 fully saturated rings. The quantitative estimate of drug-likeness (QED) is 0.535. The Morgan fingerprint density at radius 3 is 2.38 bits per heavy atom. The van der Waals surface area contributed by atoms with Crippen LogP contribution in [0.1, 0.15) is 49.8 Å². The highest BCUT2D eigenvalue weighted by atomic mass is 16.5. The molecule has 2 amide bonds. The summed E-state index contributed by atoms with van der Waals surface area (Å²) in [5.41, 5.74) is 3.13. The van der Waals surface area contributed by atoms with Crippen molar-refractivity contribution in [2.45, 2.75) is 59.0 Å². The molecular weight excluding hydrogens is 404 g/mol. The van der Waals surface area contributed by atoms with Crippen LogP contribution < -0.4 is 14.8 Å². The van der Waals surface area contributed by atoms with Crippen LogP contribution in [0, 0.1) is 6.92 Å². The van der Waals surface area contributed by atoms with E-state index in [0.717, 1.165) is 23.1 Å². The summed E-state index contributed by atoms with van der Waals surface area (Å²) in [6, 6.07) is 13.2. The lowest BCUT2D eigenvalue weighted by atomic mass is 10.0. The van der Waals surface area contributed by atoms with Gasteiger partial charge in [-0.25, -0.2) is 0 Å². The van der Waals surface area contributed by atoms with Crippen molar-refractivity contribution in [3.8, 4) is 11.5 Å². The van der Waals surface area contributed by atoms with Gasteiger partial charge in [0.15, 0.2) is 11.5 Å². The Labute approximate surface area is 191 Å². The minimum absolute atomic E-state index is 0.0419. The fourth-order valence-corrected chi connectivity index (χ4v) is 3.72. The van der Waals surface area contributed by atoms with Crippen molar-refractivity contribution in [1.82, 2.24) is 10.2 Å². The van der Waals surface area contributed by atoms with E-state index in [2.05, 4.69) is 11.4 Å². The van der Waals surface area contributed by atoms with Crippen LogP contribution in [0.2, 0.25) is 0 Å². The highest BCUT2D eigenvalue weighted by Gasteiger charge is 2.28. The summed E-state index contributed by atoms with van der Waals surface area (Å²) in [4.78, 5) is 27.9. The van der Waals surface area contributed by atoms with Crippen molar-refractivity contribution < 1.29 is 19.1 Å². The van der Waals surface area contributed by atoms with Gasteiger partial charge in [0, 0.05) is 19.5 Å². The summed E-state index contributed by atoms with van der Waals surface area (Å²) in [6.45, 7) is 7.00. The second-order valence-corrected chi connectivity index (χ2v) is 7.92. The van der Waals surface area contributed by atoms with E-state index in [1.165, 1.54) is 0 Å². The van der Waals surface area contributed by atoms with Crippen LogP contribution >= 0.6 is 0 Å². The molecule has 2 aromatic carbocycles. The largest absolute Gasteiger partial charge is 0.493 e. The van der Waals surface area contributed by atoms with E-state index < -0.39 is 6.04 Å². The first-order valence-corrected chi connectivity index (χ1v) is 11.3. The first kappa shape index (κ1) is 25.2. The lowest BCUT2D eigenvalue weighted by Gasteiger charge is -2.31. The van der Waals surface area contributed by atoms with E-state index in [0.29, 0.717) is 43.9 Å². The molecule has 1 N–H and O–H groups in total. The molecule has 2 aromatic rings. The van der Waals surface area contributed by atoms with Gasteiger partial charge in [0.05, 0.1) is 14.2 Å². The Hall–Kier alpha value is -3.02. The van der Waals surface area contributed by atoms with Gasteiger partial charge in [-0.15, -0.1) is 0 Å². The van der Waals surface area contributed by atoms with Gasteiger partial charge in [0.1, 0.15) is 6.04 Å². The van der Waals surface area contributed by atoms with Gasteiger partial charge in [-0.2, -0.15) is 0 Å². The fourth-order valence-electron chi connectivity index (χ4n) is 3.72. The molecule has 0 bridgehead atoms. The van der Waals surface area contributed by atoms with E-state index in [4.69, 9.17) is 9.47 Å². The second-order valence-electron chi connectivity index (χ2n) is 7.92. The van der Waals surface area contributed by atoms with E-state index in [1.54, 1.807) is 19.1 Å². The number of aryl methyl sites for hydroxylation is 2. The average molecular weight is 441 g/mol. The monoisotopic (exact) mass is 440 g/mol. The summed E-state index contributed by atoms with van der Waals surface area (Å²) in [5.74, 6) is 1.16. The van der Waals surface area contributed by atoms with Crippen LogP contribution in [0.4, 0.5) is 0 Å². The van der Waals surface area contributed by atoms with E-state index in [1.807, 2.05) is 57.2 Å². The Balaban J connectivity index is 2.21. The third-order valence-corrected chi connectivity index (χ3v) is 5.45. The highest BCUT2D eigenvalue weighted by molar-refractivity contribution is 5.87. The number of ether oxygens (including phenoxy) is 2. The van der Waals surface area contributed by atoms with Crippen LogP contribution in [0.25, 0.3) is 0 Å². The first-order chi connectivity index (χ1) is 15.4. The van der Waals surface area contributed by atoms with Gasteiger partial charge in [0.2, 0.25) is 11.8 Å². The Kier molecular flexibility index (Phi) is 10.1. The van der Waals surface area contributed by atoms with Crippen molar-refractivity contribution in [3.05, 3.63) is 59.2 Å². The van der Waals surface area contributed by atoms with E-state index >= 15 is 0 Å². The third kappa shape index (κ3) is 7.01.